The van der Waals surface area contributed by atoms with Crippen molar-refractivity contribution in [2.75, 3.05) is 16.9 Å². The molecule has 0 saturated heterocycles. The number of hydrogen-bond acceptors (Lipinski definition) is 3. The van der Waals surface area contributed by atoms with E-state index in [2.05, 4.69) is 57.3 Å². The van der Waals surface area contributed by atoms with E-state index in [9.17, 15) is 0 Å². The monoisotopic (exact) mass is 267 g/mol. The van der Waals surface area contributed by atoms with Crippen LogP contribution in [0.4, 0.5) is 11.4 Å². The number of benzene rings is 1. The second kappa shape index (κ2) is 4.05. The number of nitrogens with two attached hydrogens (primary N) is 1. The minimum atomic E-state index is -0.136. The van der Waals surface area contributed by atoms with Gasteiger partial charge in [0, 0.05) is 42.1 Å². The molecule has 1 aliphatic rings. The normalized spacial score (nSPS) is 18.1. The third-order valence-electron chi connectivity index (χ3n) is 4.06. The van der Waals surface area contributed by atoms with E-state index in [1.165, 1.54) is 10.9 Å². The van der Waals surface area contributed by atoms with Crippen LogP contribution in [0.1, 0.15) is 11.7 Å². The van der Waals surface area contributed by atoms with Gasteiger partial charge in [0.2, 0.25) is 0 Å². The second-order valence-electron chi connectivity index (χ2n) is 5.22. The Morgan fingerprint density at radius 1 is 1.25 bits per heavy atom. The minimum Gasteiger partial charge on any atom is -0.366 e. The zero-order valence-corrected chi connectivity index (χ0v) is 11.3. The van der Waals surface area contributed by atoms with Gasteiger partial charge in [-0.2, -0.15) is 0 Å². The van der Waals surface area contributed by atoms with Crippen LogP contribution in [0.5, 0.6) is 0 Å². The van der Waals surface area contributed by atoms with E-state index < -0.39 is 0 Å². The van der Waals surface area contributed by atoms with E-state index in [1.54, 1.807) is 0 Å². The van der Waals surface area contributed by atoms with Gasteiger partial charge >= 0.3 is 0 Å². The standard InChI is InChI=1S/C15H17N5/c1-19-8-14(10-4-2-3-5-13(10)19)20-9-18-12-7-17-6-11(12)15(20)16/h2-8,15,17-18H,9,16H2,1H3. The van der Waals surface area contributed by atoms with Gasteiger partial charge in [-0.25, -0.2) is 0 Å². The molecule has 1 unspecified atom stereocenters. The lowest BCUT2D eigenvalue weighted by atomic mass is 10.1. The van der Waals surface area contributed by atoms with Crippen molar-refractivity contribution < 1.29 is 0 Å². The SMILES string of the molecule is Cn1cc(N2CNc3c[nH]cc3C2N)c2ccccc21. The molecule has 4 N–H and O–H groups in total. The Balaban J connectivity index is 1.85. The molecule has 0 aliphatic carbocycles. The second-order valence-corrected chi connectivity index (χ2v) is 5.22. The highest BCUT2D eigenvalue weighted by molar-refractivity contribution is 5.94. The highest BCUT2D eigenvalue weighted by atomic mass is 15.3. The summed E-state index contributed by atoms with van der Waals surface area (Å²) in [6.07, 6.45) is 5.92. The van der Waals surface area contributed by atoms with Crippen LogP contribution in [0, 0.1) is 0 Å². The number of nitrogens with zero attached hydrogens (tertiary/aromatic N) is 2. The summed E-state index contributed by atoms with van der Waals surface area (Å²) in [4.78, 5) is 5.30. The fourth-order valence-electron chi connectivity index (χ4n) is 2.99. The first-order valence-corrected chi connectivity index (χ1v) is 6.72. The molecule has 3 aromatic rings. The highest BCUT2D eigenvalue weighted by Crippen LogP contribution is 2.36. The maximum absolute atomic E-state index is 6.42. The molecule has 0 radical (unpaired) electrons. The lowest BCUT2D eigenvalue weighted by Crippen LogP contribution is -2.41. The summed E-state index contributed by atoms with van der Waals surface area (Å²) >= 11 is 0. The van der Waals surface area contributed by atoms with Crippen molar-refractivity contribution >= 4 is 22.3 Å². The molecule has 5 heteroatoms. The van der Waals surface area contributed by atoms with E-state index in [-0.39, 0.29) is 6.17 Å². The fourth-order valence-corrected chi connectivity index (χ4v) is 2.99. The van der Waals surface area contributed by atoms with Gasteiger partial charge in [0.15, 0.2) is 0 Å². The van der Waals surface area contributed by atoms with Crippen molar-refractivity contribution in [1.29, 1.82) is 0 Å². The Hall–Kier alpha value is -2.40. The van der Waals surface area contributed by atoms with Gasteiger partial charge in [-0.15, -0.1) is 0 Å². The number of nitrogens with one attached hydrogen (secondary N) is 2. The van der Waals surface area contributed by atoms with E-state index in [0.29, 0.717) is 6.67 Å². The van der Waals surface area contributed by atoms with Crippen molar-refractivity contribution in [3.05, 3.63) is 48.4 Å². The summed E-state index contributed by atoms with van der Waals surface area (Å²) < 4.78 is 2.14. The Morgan fingerprint density at radius 3 is 3.00 bits per heavy atom. The summed E-state index contributed by atoms with van der Waals surface area (Å²) in [5.74, 6) is 0. The van der Waals surface area contributed by atoms with E-state index in [4.69, 9.17) is 5.73 Å². The molecule has 1 aliphatic heterocycles. The van der Waals surface area contributed by atoms with Gasteiger partial charge < -0.3 is 25.5 Å². The summed E-state index contributed by atoms with van der Waals surface area (Å²) in [5.41, 5.74) is 11.0. The van der Waals surface area contributed by atoms with Gasteiger partial charge in [-0.3, -0.25) is 0 Å². The molecule has 20 heavy (non-hydrogen) atoms. The van der Waals surface area contributed by atoms with Crippen LogP contribution >= 0.6 is 0 Å². The molecule has 1 aromatic carbocycles. The lowest BCUT2D eigenvalue weighted by molar-refractivity contribution is 0.649. The molecular formula is C15H17N5. The highest BCUT2D eigenvalue weighted by Gasteiger charge is 2.26. The van der Waals surface area contributed by atoms with Crippen molar-refractivity contribution in [3.63, 3.8) is 0 Å². The zero-order valence-electron chi connectivity index (χ0n) is 11.3. The molecule has 0 fully saturated rings. The Bertz CT molecular complexity index is 770. The van der Waals surface area contributed by atoms with Crippen molar-refractivity contribution in [2.45, 2.75) is 6.17 Å². The summed E-state index contributed by atoms with van der Waals surface area (Å²) in [6.45, 7) is 0.708. The Kier molecular flexibility index (Phi) is 2.31. The number of anilines is 2. The molecule has 3 heterocycles. The number of aromatic amines is 1. The number of aromatic nitrogens is 2. The van der Waals surface area contributed by atoms with Gasteiger partial charge in [0.05, 0.1) is 18.0 Å². The summed E-state index contributed by atoms with van der Waals surface area (Å²) in [5, 5.41) is 4.63. The van der Waals surface area contributed by atoms with E-state index in [0.717, 1.165) is 16.9 Å². The van der Waals surface area contributed by atoms with E-state index in [1.807, 2.05) is 12.4 Å². The molecule has 4 rings (SSSR count). The first-order valence-electron chi connectivity index (χ1n) is 6.72. The molecule has 102 valence electrons. The molecule has 5 nitrogen and oxygen atoms in total. The number of aryl methyl sites for hydroxylation is 1. The minimum absolute atomic E-state index is 0.136. The molecule has 0 bridgehead atoms. The van der Waals surface area contributed by atoms with Crippen LogP contribution in [0.2, 0.25) is 0 Å². The smallest absolute Gasteiger partial charge is 0.108 e. The zero-order chi connectivity index (χ0) is 13.7. The third kappa shape index (κ3) is 1.47. The maximum Gasteiger partial charge on any atom is 0.108 e. The number of fused-ring (bicyclic) bond motifs is 2. The molecule has 0 saturated carbocycles. The molecule has 1 atom stereocenters. The number of hydrogen-bond donors (Lipinski definition) is 3. The van der Waals surface area contributed by atoms with Crippen LogP contribution in [0.25, 0.3) is 10.9 Å². The number of H-pyrrole nitrogens is 1. The number of para-hydroxylation sites is 1. The maximum atomic E-state index is 6.42. The fraction of sp³-hybridized carbons (Fsp3) is 0.200. The van der Waals surface area contributed by atoms with Crippen LogP contribution < -0.4 is 16.0 Å². The van der Waals surface area contributed by atoms with Crippen LogP contribution in [0.15, 0.2) is 42.9 Å². The van der Waals surface area contributed by atoms with Gasteiger partial charge in [-0.1, -0.05) is 18.2 Å². The number of rotatable bonds is 1. The summed E-state index contributed by atoms with van der Waals surface area (Å²) in [6, 6.07) is 8.40. The first kappa shape index (κ1) is 11.4. The van der Waals surface area contributed by atoms with Crippen LogP contribution in [-0.4, -0.2) is 16.2 Å². The van der Waals surface area contributed by atoms with Crippen molar-refractivity contribution in [2.24, 2.45) is 12.8 Å². The van der Waals surface area contributed by atoms with Crippen LogP contribution in [0.3, 0.4) is 0 Å². The van der Waals surface area contributed by atoms with Crippen LogP contribution in [-0.2, 0) is 7.05 Å². The lowest BCUT2D eigenvalue weighted by Gasteiger charge is -2.35. The van der Waals surface area contributed by atoms with Crippen molar-refractivity contribution in [1.82, 2.24) is 9.55 Å². The first-order chi connectivity index (χ1) is 9.75. The van der Waals surface area contributed by atoms with Gasteiger partial charge in [0.1, 0.15) is 6.17 Å². The Morgan fingerprint density at radius 2 is 2.10 bits per heavy atom. The molecular weight excluding hydrogens is 250 g/mol. The molecule has 2 aromatic heterocycles. The van der Waals surface area contributed by atoms with Gasteiger partial charge in [0.25, 0.3) is 0 Å². The van der Waals surface area contributed by atoms with Crippen molar-refractivity contribution in [3.8, 4) is 0 Å². The topological polar surface area (TPSA) is 62.0 Å². The average molecular weight is 267 g/mol. The third-order valence-corrected chi connectivity index (χ3v) is 4.06. The van der Waals surface area contributed by atoms with E-state index >= 15 is 0 Å². The average Bonchev–Trinajstić information content (AvgIpc) is 3.06. The molecule has 0 amide bonds. The molecule has 0 spiro atoms. The summed E-state index contributed by atoms with van der Waals surface area (Å²) in [7, 11) is 2.07. The largest absolute Gasteiger partial charge is 0.366 e. The van der Waals surface area contributed by atoms with Gasteiger partial charge in [-0.05, 0) is 6.07 Å². The predicted molar refractivity (Wildman–Crippen MR) is 81.6 cm³/mol. The Labute approximate surface area is 117 Å². The quantitative estimate of drug-likeness (QED) is 0.634. The predicted octanol–water partition coefficient (Wildman–Crippen LogP) is 2.35.